The zero-order valence-corrected chi connectivity index (χ0v) is 68.6. The summed E-state index contributed by atoms with van der Waals surface area (Å²) in [5, 5.41) is 32.8. The second kappa shape index (κ2) is 30.6. The minimum Gasteiger partial charge on any atom is -0.390 e. The molecule has 28 atom stereocenters. The highest BCUT2D eigenvalue weighted by Gasteiger charge is 2.63. The van der Waals surface area contributed by atoms with Crippen molar-refractivity contribution >= 4 is 64.1 Å². The van der Waals surface area contributed by atoms with Gasteiger partial charge in [0.25, 0.3) is 0 Å². The van der Waals surface area contributed by atoms with Gasteiger partial charge in [-0.1, -0.05) is 34.6 Å². The molecule has 0 aromatic heterocycles. The maximum absolute atomic E-state index is 13.6. The van der Waals surface area contributed by atoms with Crippen molar-refractivity contribution in [2.75, 3.05) is 131 Å². The molecule has 3 unspecified atom stereocenters. The van der Waals surface area contributed by atoms with E-state index in [0.29, 0.717) is 79.1 Å². The van der Waals surface area contributed by atoms with Crippen molar-refractivity contribution in [2.24, 2.45) is 129 Å². The van der Waals surface area contributed by atoms with Crippen LogP contribution in [-0.4, -0.2) is 238 Å². The smallest absolute Gasteiger partial charge is 0.150 e. The van der Waals surface area contributed by atoms with Gasteiger partial charge in [0.15, 0.2) is 0 Å². The van der Waals surface area contributed by atoms with Gasteiger partial charge in [0, 0.05) is 151 Å². The number of piperazine rings is 3. The fourth-order valence-electron chi connectivity index (χ4n) is 28.3. The van der Waals surface area contributed by atoms with Gasteiger partial charge in [-0.2, -0.15) is 0 Å². The first-order chi connectivity index (χ1) is 48.5. The van der Waals surface area contributed by atoms with Crippen LogP contribution >= 0.6 is 0 Å². The summed E-state index contributed by atoms with van der Waals surface area (Å²) in [6.45, 7) is 25.3. The lowest BCUT2D eigenvalue weighted by atomic mass is 9.48. The fourth-order valence-corrected chi connectivity index (χ4v) is 31.1. The first-order valence-electron chi connectivity index (χ1n) is 42.1. The van der Waals surface area contributed by atoms with Gasteiger partial charge in [-0.3, -0.25) is 41.7 Å². The number of rotatable bonds is 15. The average Bonchev–Trinajstić information content (AvgIpc) is 1.67. The quantitative estimate of drug-likeness (QED) is 0.131. The molecule has 103 heavy (non-hydrogen) atoms. The van der Waals surface area contributed by atoms with Crippen LogP contribution in [0.3, 0.4) is 0 Å². The van der Waals surface area contributed by atoms with E-state index in [0.717, 1.165) is 202 Å². The second-order valence-corrected chi connectivity index (χ2v) is 46.9. The Labute approximate surface area is 626 Å². The minimum atomic E-state index is -2.15. The van der Waals surface area contributed by atoms with Crippen LogP contribution in [0.15, 0.2) is 0 Å². The van der Waals surface area contributed by atoms with Gasteiger partial charge in [0.2, 0.25) is 0 Å². The third-order valence-electron chi connectivity index (χ3n) is 34.1. The molecule has 15 fully saturated rings. The SMILES string of the molecule is C=S(C)(=O)N1CCN(CC(=O)[C@H]2CC[C@H]3[C@@H]4CC[C@@H]5C[C@@](O)(CC)CC[C@@H]5[C@H]4CC[C@]23C)CC1.C=S(C)(=O)N1CCN(CC(=O)[C@H]2CC[C@H]3[C@@H]4CC[C@@H]5C[C@@](O)(COC)CC[C@@H]5[C@H]4CC[C@]23C)CC1.C=S(C)(=O)N1CCN(CC(=O)[C@H]2CC[C@H]3[C@@H]4CC[C@H]5C[C@](C)(O)[C@H](C)C[C@@H]5[C@H]4CC[C@]23C)CC1. The Morgan fingerprint density at radius 1 is 0.408 bits per heavy atom. The molecular weight excluding hydrogens is 1350 g/mol. The monoisotopic (exact) mass is 1490 g/mol. The largest absolute Gasteiger partial charge is 0.390 e. The summed E-state index contributed by atoms with van der Waals surface area (Å²) in [5.41, 5.74) is -1.02. The molecule has 0 bridgehead atoms. The van der Waals surface area contributed by atoms with Crippen LogP contribution in [0.4, 0.5) is 0 Å². The molecule has 15 aliphatic rings. The van der Waals surface area contributed by atoms with Crippen LogP contribution in [0.1, 0.15) is 215 Å². The highest BCUT2D eigenvalue weighted by molar-refractivity contribution is 7.98. The van der Waals surface area contributed by atoms with Crippen LogP contribution in [0.5, 0.6) is 0 Å². The van der Waals surface area contributed by atoms with Crippen molar-refractivity contribution in [3.63, 3.8) is 0 Å². The first-order valence-corrected chi connectivity index (χ1v) is 48.4. The van der Waals surface area contributed by atoms with Crippen LogP contribution in [0.2, 0.25) is 0 Å². The van der Waals surface area contributed by atoms with Crippen LogP contribution in [-0.2, 0) is 48.2 Å². The Morgan fingerprint density at radius 3 is 1.05 bits per heavy atom. The topological polar surface area (TPSA) is 192 Å². The number of aliphatic hydroxyl groups is 3. The third-order valence-corrected chi connectivity index (χ3v) is 38.5. The van der Waals surface area contributed by atoms with Crippen LogP contribution in [0.25, 0.3) is 0 Å². The molecule has 0 aromatic rings. The van der Waals surface area contributed by atoms with Crippen LogP contribution < -0.4 is 0 Å². The van der Waals surface area contributed by atoms with Gasteiger partial charge in [0.1, 0.15) is 17.3 Å². The molecule has 0 spiro atoms. The van der Waals surface area contributed by atoms with Gasteiger partial charge >= 0.3 is 0 Å². The van der Waals surface area contributed by atoms with Gasteiger partial charge in [0.05, 0.1) is 43.0 Å². The Balaban J connectivity index is 0.000000138. The van der Waals surface area contributed by atoms with E-state index in [4.69, 9.17) is 4.74 Å². The van der Waals surface area contributed by atoms with E-state index in [2.05, 4.69) is 73.9 Å². The van der Waals surface area contributed by atoms with Crippen molar-refractivity contribution in [3.8, 4) is 0 Å². The molecule has 0 aromatic carbocycles. The molecule has 19 heteroatoms. The van der Waals surface area contributed by atoms with Crippen molar-refractivity contribution in [1.82, 2.24) is 27.6 Å². The van der Waals surface area contributed by atoms with E-state index in [1.807, 2.05) is 12.9 Å². The van der Waals surface area contributed by atoms with E-state index in [-0.39, 0.29) is 34.0 Å². The number of fused-ring (bicyclic) bond motifs is 15. The third kappa shape index (κ3) is 16.1. The number of ether oxygens (including phenoxy) is 1. The number of hydrogen-bond donors (Lipinski definition) is 3. The van der Waals surface area contributed by atoms with Crippen molar-refractivity contribution < 1.29 is 47.1 Å². The number of hydrogen-bond acceptors (Lipinski definition) is 13. The molecule has 3 heterocycles. The molecule has 15 rings (SSSR count). The summed E-state index contributed by atoms with van der Waals surface area (Å²) in [6, 6.07) is 0. The van der Waals surface area contributed by atoms with Gasteiger partial charge < -0.3 is 20.1 Å². The summed E-state index contributed by atoms with van der Waals surface area (Å²) >= 11 is 0. The summed E-state index contributed by atoms with van der Waals surface area (Å²) in [4.78, 5) is 47.7. The normalized spacial score (nSPS) is 47.7. The highest BCUT2D eigenvalue weighted by Crippen LogP contribution is 2.69. The molecule has 588 valence electrons. The van der Waals surface area contributed by atoms with Crippen molar-refractivity contribution in [2.45, 2.75) is 232 Å². The molecular formula is C84H144N6O10S3. The number of Topliss-reactive ketones (excluding diaryl/α,β-unsaturated/α-hetero) is 3. The second-order valence-electron chi connectivity index (χ2n) is 39.6. The van der Waals surface area contributed by atoms with Gasteiger partial charge in [-0.05, 0) is 309 Å². The Morgan fingerprint density at radius 2 is 0.718 bits per heavy atom. The predicted octanol–water partition coefficient (Wildman–Crippen LogP) is 10.6. The molecule has 12 saturated carbocycles. The Bertz CT molecular complexity index is 3360. The maximum Gasteiger partial charge on any atom is 0.150 e. The van der Waals surface area contributed by atoms with E-state index in [1.165, 1.54) is 109 Å². The molecule has 16 nitrogen and oxygen atoms in total. The van der Waals surface area contributed by atoms with Crippen molar-refractivity contribution in [3.05, 3.63) is 0 Å². The molecule has 12 aliphatic carbocycles. The lowest BCUT2D eigenvalue weighted by Crippen LogP contribution is -2.53. The van der Waals surface area contributed by atoms with Crippen molar-refractivity contribution in [1.29, 1.82) is 0 Å². The van der Waals surface area contributed by atoms with Crippen LogP contribution in [0, 0.1) is 129 Å². The fraction of sp³-hybridized carbons (Fsp3) is 0.929. The number of carbonyl (C=O) groups excluding carboxylic acids is 3. The highest BCUT2D eigenvalue weighted by atomic mass is 32.2. The Hall–Kier alpha value is -1.33. The van der Waals surface area contributed by atoms with E-state index in [1.54, 1.807) is 25.9 Å². The number of ketones is 3. The summed E-state index contributed by atoms with van der Waals surface area (Å²) in [5.74, 6) is 25.1. The number of methoxy groups -OCH3 is 1. The lowest BCUT2D eigenvalue weighted by molar-refractivity contribution is -0.137. The standard InChI is InChI=1S/C28H48N2O4S.2C28H48N2O3S/c1-27-11-9-22-21-10-12-28(32,19-34-2)17-20(21)5-6-23(22)24(27)7-8-25(27)26(31)18-29-13-15-30(16-14-29)35(3,4)33;1-19-16-23-20(17-28(19,3)32)6-7-22-21(23)10-11-27(2)24(22)8-9-25(27)26(31)18-29-12-14-30(15-13-29)34(4,5)33;1-5-28(32)13-11-21-20(18-28)6-7-23-22(21)10-12-27(2)24(23)8-9-25(27)26(31)19-29-14-16-30(17-15-29)34(3,4)33/h20-25,32H,3,5-19H2,1-2,4H3;19-25,32H,4,6-18H2,1-3,5H3;20-25,32H,3,5-19H2,1-2,4H3/t20-,21+,22-,23-,24+,25-,27+,28-,35?;19-,20+,21+,22-,23+,24+,25-,27+,28+,34?;20-,21+,22-,23-,24+,25-,27+,28-,34?/m111/s1. The van der Waals surface area contributed by atoms with E-state index >= 15 is 0 Å². The predicted molar refractivity (Wildman–Crippen MR) is 422 cm³/mol. The van der Waals surface area contributed by atoms with E-state index < -0.39 is 45.9 Å². The zero-order chi connectivity index (χ0) is 73.8. The lowest BCUT2D eigenvalue weighted by Gasteiger charge is -2.58. The number of carbonyl (C=O) groups is 3. The summed E-state index contributed by atoms with van der Waals surface area (Å²) in [6.07, 6.45) is 36.4. The molecule has 0 radical (unpaired) electrons. The summed E-state index contributed by atoms with van der Waals surface area (Å²) in [7, 11) is -4.73. The molecule has 3 saturated heterocycles. The van der Waals surface area contributed by atoms with E-state index in [9.17, 15) is 42.3 Å². The Kier molecular flexibility index (Phi) is 23.7. The molecule has 0 amide bonds. The summed E-state index contributed by atoms with van der Waals surface area (Å²) < 4.78 is 48.0. The average molecular weight is 1490 g/mol. The first kappa shape index (κ1) is 79.7. The minimum absolute atomic E-state index is 0.156. The molecule has 3 aliphatic heterocycles. The molecule has 3 N–H and O–H groups in total. The number of nitrogens with zero attached hydrogens (tertiary/aromatic N) is 6. The van der Waals surface area contributed by atoms with Gasteiger partial charge in [-0.25, -0.2) is 12.9 Å². The maximum atomic E-state index is 13.6. The van der Waals surface area contributed by atoms with Gasteiger partial charge in [-0.15, -0.1) is 0 Å². The zero-order valence-electron chi connectivity index (χ0n) is 66.1.